The third-order valence-electron chi connectivity index (χ3n) is 4.31. The highest BCUT2D eigenvalue weighted by molar-refractivity contribution is 9.10. The van der Waals surface area contributed by atoms with Gasteiger partial charge >= 0.3 is 0 Å². The van der Waals surface area contributed by atoms with Gasteiger partial charge in [0.1, 0.15) is 5.58 Å². The smallest absolute Gasteiger partial charge is 0.235 e. The first-order chi connectivity index (χ1) is 13.6. The van der Waals surface area contributed by atoms with Crippen LogP contribution in [0.15, 0.2) is 92.5 Å². The number of para-hydroxylation sites is 1. The molecule has 28 heavy (non-hydrogen) atoms. The molecule has 0 amide bonds. The number of hydrogen-bond donors (Lipinski definition) is 0. The van der Waals surface area contributed by atoms with Crippen LogP contribution in [-0.4, -0.2) is 12.4 Å². The number of ether oxygens (including phenoxy) is 1. The van der Waals surface area contributed by atoms with Crippen LogP contribution in [0.5, 0.6) is 5.75 Å². The fraction of sp³-hybridized carbons (Fsp3) is 0.0435. The van der Waals surface area contributed by atoms with E-state index in [1.807, 2.05) is 30.3 Å². The number of rotatable bonds is 5. The van der Waals surface area contributed by atoms with Crippen molar-refractivity contribution >= 4 is 32.7 Å². The summed E-state index contributed by atoms with van der Waals surface area (Å²) in [6.07, 6.45) is 0. The number of benzene rings is 3. The molecule has 0 fully saturated rings. The standard InChI is InChI=1S/C23H15BrO4/c24-17-12-10-15(11-13-17)19(25)14-27-23-21(26)18-8-4-5-9-20(18)28-22(23)16-6-2-1-3-7-16/h1-13H,14H2. The van der Waals surface area contributed by atoms with Crippen LogP contribution in [0.1, 0.15) is 10.4 Å². The predicted molar refractivity (Wildman–Crippen MR) is 112 cm³/mol. The van der Waals surface area contributed by atoms with Crippen molar-refractivity contribution in [3.05, 3.63) is 99.1 Å². The zero-order chi connectivity index (χ0) is 19.5. The largest absolute Gasteiger partial charge is 0.478 e. The van der Waals surface area contributed by atoms with Gasteiger partial charge in [0.05, 0.1) is 5.39 Å². The fourth-order valence-electron chi connectivity index (χ4n) is 2.89. The van der Waals surface area contributed by atoms with Crippen molar-refractivity contribution in [3.63, 3.8) is 0 Å². The Morgan fingerprint density at radius 1 is 0.893 bits per heavy atom. The van der Waals surface area contributed by atoms with Gasteiger partial charge in [-0.25, -0.2) is 0 Å². The Hall–Kier alpha value is -3.18. The average molecular weight is 435 g/mol. The highest BCUT2D eigenvalue weighted by Crippen LogP contribution is 2.30. The minimum absolute atomic E-state index is 0.0374. The molecule has 4 aromatic rings. The summed E-state index contributed by atoms with van der Waals surface area (Å²) in [6, 6.07) is 23.2. The van der Waals surface area contributed by atoms with E-state index in [1.165, 1.54) is 0 Å². The number of carbonyl (C=O) groups is 1. The van der Waals surface area contributed by atoms with Gasteiger partial charge in [-0.15, -0.1) is 0 Å². The highest BCUT2D eigenvalue weighted by atomic mass is 79.9. The van der Waals surface area contributed by atoms with E-state index in [-0.39, 0.29) is 23.6 Å². The second kappa shape index (κ2) is 7.82. The Bertz CT molecular complexity index is 1190. The third-order valence-corrected chi connectivity index (χ3v) is 4.83. The van der Waals surface area contributed by atoms with E-state index in [0.29, 0.717) is 27.9 Å². The topological polar surface area (TPSA) is 56.5 Å². The zero-order valence-corrected chi connectivity index (χ0v) is 16.3. The lowest BCUT2D eigenvalue weighted by Crippen LogP contribution is -2.17. The minimum atomic E-state index is -0.302. The first kappa shape index (κ1) is 18.2. The van der Waals surface area contributed by atoms with Crippen LogP contribution >= 0.6 is 15.9 Å². The molecule has 5 heteroatoms. The summed E-state index contributed by atoms with van der Waals surface area (Å²) < 4.78 is 12.6. The van der Waals surface area contributed by atoms with Crippen molar-refractivity contribution in [2.24, 2.45) is 0 Å². The van der Waals surface area contributed by atoms with Crippen molar-refractivity contribution in [1.82, 2.24) is 0 Å². The van der Waals surface area contributed by atoms with E-state index < -0.39 is 0 Å². The summed E-state index contributed by atoms with van der Waals surface area (Å²) in [5, 5.41) is 0.410. The molecule has 0 aliphatic carbocycles. The molecule has 4 nitrogen and oxygen atoms in total. The molecular weight excluding hydrogens is 420 g/mol. The summed E-state index contributed by atoms with van der Waals surface area (Å²) in [6.45, 7) is -0.259. The number of fused-ring (bicyclic) bond motifs is 1. The second-order valence-electron chi connectivity index (χ2n) is 6.17. The van der Waals surface area contributed by atoms with E-state index in [1.54, 1.807) is 48.5 Å². The molecule has 0 aliphatic heterocycles. The second-order valence-corrected chi connectivity index (χ2v) is 7.09. The summed E-state index contributed by atoms with van der Waals surface area (Å²) in [5.41, 5.74) is 1.38. The summed E-state index contributed by atoms with van der Waals surface area (Å²) in [7, 11) is 0. The Balaban J connectivity index is 1.74. The van der Waals surface area contributed by atoms with Crippen LogP contribution in [-0.2, 0) is 0 Å². The van der Waals surface area contributed by atoms with E-state index >= 15 is 0 Å². The van der Waals surface area contributed by atoms with Gasteiger partial charge in [-0.3, -0.25) is 9.59 Å². The van der Waals surface area contributed by atoms with Crippen LogP contribution in [0.3, 0.4) is 0 Å². The van der Waals surface area contributed by atoms with Gasteiger partial charge in [0, 0.05) is 15.6 Å². The monoisotopic (exact) mass is 434 g/mol. The van der Waals surface area contributed by atoms with Crippen molar-refractivity contribution in [1.29, 1.82) is 0 Å². The van der Waals surface area contributed by atoms with Crippen molar-refractivity contribution in [2.45, 2.75) is 0 Å². The summed E-state index contributed by atoms with van der Waals surface area (Å²) in [4.78, 5) is 25.5. The van der Waals surface area contributed by atoms with Crippen molar-refractivity contribution < 1.29 is 13.9 Å². The van der Waals surface area contributed by atoms with Crippen LogP contribution in [0.2, 0.25) is 0 Å². The summed E-state index contributed by atoms with van der Waals surface area (Å²) >= 11 is 3.34. The maximum Gasteiger partial charge on any atom is 0.235 e. The third kappa shape index (κ3) is 3.62. The molecule has 138 valence electrons. The lowest BCUT2D eigenvalue weighted by molar-refractivity contribution is 0.0920. The zero-order valence-electron chi connectivity index (χ0n) is 14.7. The molecule has 1 heterocycles. The molecule has 0 N–H and O–H groups in total. The molecule has 0 aliphatic rings. The Morgan fingerprint density at radius 3 is 2.32 bits per heavy atom. The molecule has 0 saturated carbocycles. The van der Waals surface area contributed by atoms with Crippen LogP contribution in [0.4, 0.5) is 0 Å². The van der Waals surface area contributed by atoms with Gasteiger partial charge in [-0.2, -0.15) is 0 Å². The van der Waals surface area contributed by atoms with Crippen molar-refractivity contribution in [2.75, 3.05) is 6.61 Å². The molecule has 3 aromatic carbocycles. The molecular formula is C23H15BrO4. The lowest BCUT2D eigenvalue weighted by Gasteiger charge is -2.11. The lowest BCUT2D eigenvalue weighted by atomic mass is 10.1. The average Bonchev–Trinajstić information content (AvgIpc) is 2.74. The quantitative estimate of drug-likeness (QED) is 0.390. The van der Waals surface area contributed by atoms with Gasteiger partial charge in [0.2, 0.25) is 11.2 Å². The van der Waals surface area contributed by atoms with Gasteiger partial charge in [-0.05, 0) is 24.3 Å². The molecule has 4 rings (SSSR count). The fourth-order valence-corrected chi connectivity index (χ4v) is 3.16. The minimum Gasteiger partial charge on any atom is -0.478 e. The van der Waals surface area contributed by atoms with Gasteiger partial charge < -0.3 is 9.15 Å². The van der Waals surface area contributed by atoms with E-state index in [2.05, 4.69) is 15.9 Å². The molecule has 0 saturated heterocycles. The SMILES string of the molecule is O=C(COc1c(-c2ccccc2)oc2ccccc2c1=O)c1ccc(Br)cc1. The molecule has 0 unspecified atom stereocenters. The number of hydrogen-bond acceptors (Lipinski definition) is 4. The first-order valence-corrected chi connectivity index (χ1v) is 9.45. The number of carbonyl (C=O) groups excluding carboxylic acids is 1. The van der Waals surface area contributed by atoms with Crippen LogP contribution in [0.25, 0.3) is 22.3 Å². The Labute approximate surface area is 169 Å². The van der Waals surface area contributed by atoms with Gasteiger partial charge in [-0.1, -0.05) is 70.5 Å². The van der Waals surface area contributed by atoms with Gasteiger partial charge in [0.25, 0.3) is 0 Å². The molecule has 0 bridgehead atoms. The summed E-state index contributed by atoms with van der Waals surface area (Å²) in [5.74, 6) is 0.127. The number of Topliss-reactive ketones (excluding diaryl/α,β-unsaturated/α-hetero) is 1. The maximum absolute atomic E-state index is 13.0. The van der Waals surface area contributed by atoms with Gasteiger partial charge in [0.15, 0.2) is 18.2 Å². The predicted octanol–water partition coefficient (Wildman–Crippen LogP) is 5.48. The molecule has 0 atom stereocenters. The highest BCUT2D eigenvalue weighted by Gasteiger charge is 2.19. The van der Waals surface area contributed by atoms with Crippen LogP contribution < -0.4 is 10.2 Å². The number of ketones is 1. The molecule has 0 spiro atoms. The number of halogens is 1. The maximum atomic E-state index is 13.0. The van der Waals surface area contributed by atoms with Crippen LogP contribution in [0, 0.1) is 0 Å². The van der Waals surface area contributed by atoms with E-state index in [4.69, 9.17) is 9.15 Å². The van der Waals surface area contributed by atoms with Crippen molar-refractivity contribution in [3.8, 4) is 17.1 Å². The Morgan fingerprint density at radius 2 is 1.57 bits per heavy atom. The molecule has 0 radical (unpaired) electrons. The first-order valence-electron chi connectivity index (χ1n) is 8.66. The molecule has 1 aromatic heterocycles. The normalized spacial score (nSPS) is 10.8. The van der Waals surface area contributed by atoms with E-state index in [0.717, 1.165) is 4.47 Å². The Kier molecular flexibility index (Phi) is 5.08. The van der Waals surface area contributed by atoms with E-state index in [9.17, 15) is 9.59 Å².